The lowest BCUT2D eigenvalue weighted by Gasteiger charge is -2.04. The van der Waals surface area contributed by atoms with Crippen LogP contribution < -0.4 is 4.74 Å². The largest absolute Gasteiger partial charge is 0.480 e. The molecule has 3 nitrogen and oxygen atoms in total. The number of carboxylic acid groups (broad SMARTS) is 1. The van der Waals surface area contributed by atoms with E-state index in [1.54, 1.807) is 0 Å². The lowest BCUT2D eigenvalue weighted by molar-refractivity contribution is -0.139. The van der Waals surface area contributed by atoms with Crippen molar-refractivity contribution in [3.63, 3.8) is 0 Å². The maximum atomic E-state index is 10.4. The number of hydrogen-bond donors (Lipinski definition) is 1. The second-order valence-electron chi connectivity index (χ2n) is 2.08. The number of aliphatic carboxylic acids is 1. The van der Waals surface area contributed by atoms with Gasteiger partial charge in [0.15, 0.2) is 6.56 Å². The Labute approximate surface area is 87.6 Å². The smallest absolute Gasteiger partial charge is 0.341 e. The molecule has 0 fully saturated rings. The first-order valence-corrected chi connectivity index (χ1v) is 3.96. The summed E-state index contributed by atoms with van der Waals surface area (Å²) in [5, 5.41) is 8.88. The van der Waals surface area contributed by atoms with Gasteiger partial charge in [-0.05, 0) is 18.2 Å². The molecule has 5 heteroatoms. The van der Waals surface area contributed by atoms with Gasteiger partial charge in [0, 0.05) is 5.02 Å². The number of rotatable bonds is 3. The van der Waals surface area contributed by atoms with Crippen LogP contribution in [0.2, 0.25) is 10.0 Å². The minimum Gasteiger partial charge on any atom is -0.480 e. The molecule has 0 unspecified atom stereocenters. The maximum Gasteiger partial charge on any atom is 0.341 e. The summed E-state index contributed by atoms with van der Waals surface area (Å²) in [5.41, 5.74) is 0. The van der Waals surface area contributed by atoms with Crippen LogP contribution in [0.5, 0.6) is 5.75 Å². The molecule has 0 aliphatic carbocycles. The summed E-state index contributed by atoms with van der Waals surface area (Å²) in [5.74, 6) is -1.80. The van der Waals surface area contributed by atoms with Gasteiger partial charge in [-0.2, -0.15) is 0 Å². The Morgan fingerprint density at radius 1 is 1.62 bits per heavy atom. The zero-order valence-corrected chi connectivity index (χ0v) is 7.76. The first kappa shape index (κ1) is 7.47. The van der Waals surface area contributed by atoms with Crippen molar-refractivity contribution in [1.29, 1.82) is 0 Å². The van der Waals surface area contributed by atoms with Gasteiger partial charge in [-0.25, -0.2) is 4.79 Å². The fourth-order valence-electron chi connectivity index (χ4n) is 0.657. The van der Waals surface area contributed by atoms with Gasteiger partial charge >= 0.3 is 5.97 Å². The molecule has 70 valence electrons. The normalized spacial score (nSPS) is 13.1. The molecule has 0 spiro atoms. The summed E-state index contributed by atoms with van der Waals surface area (Å²) < 4.78 is 18.6. The second kappa shape index (κ2) is 4.35. The molecule has 13 heavy (non-hydrogen) atoms. The minimum absolute atomic E-state index is 0.0487. The van der Waals surface area contributed by atoms with Crippen LogP contribution in [-0.4, -0.2) is 17.6 Å². The highest BCUT2D eigenvalue weighted by molar-refractivity contribution is 6.35. The molecule has 0 saturated carbocycles. The van der Waals surface area contributed by atoms with Crippen molar-refractivity contribution >= 4 is 29.2 Å². The molecule has 1 aromatic carbocycles. The second-order valence-corrected chi connectivity index (χ2v) is 2.93. The summed E-state index contributed by atoms with van der Waals surface area (Å²) in [7, 11) is 0. The summed E-state index contributed by atoms with van der Waals surface area (Å²) >= 11 is 11.3. The topological polar surface area (TPSA) is 46.5 Å². The molecule has 0 heterocycles. The highest BCUT2D eigenvalue weighted by atomic mass is 35.5. The molecule has 0 amide bonds. The molecule has 0 aromatic heterocycles. The Morgan fingerprint density at radius 3 is 2.85 bits per heavy atom. The number of ether oxygens (including phenoxy) is 1. The van der Waals surface area contributed by atoms with E-state index in [-0.39, 0.29) is 10.8 Å². The number of halogens is 2. The van der Waals surface area contributed by atoms with E-state index in [2.05, 4.69) is 4.74 Å². The van der Waals surface area contributed by atoms with Crippen LogP contribution in [-0.2, 0) is 4.79 Å². The van der Waals surface area contributed by atoms with E-state index in [0.29, 0.717) is 5.02 Å². The van der Waals surface area contributed by atoms with Crippen LogP contribution in [0, 0.1) is 0 Å². The van der Waals surface area contributed by atoms with Crippen molar-refractivity contribution in [3.8, 4) is 5.75 Å². The van der Waals surface area contributed by atoms with Crippen molar-refractivity contribution in [3.05, 3.63) is 28.2 Å². The Kier molecular flexibility index (Phi) is 2.50. The summed E-state index contributed by atoms with van der Waals surface area (Å²) in [6.07, 6.45) is 0. The minimum atomic E-state index is -2.82. The summed E-state index contributed by atoms with van der Waals surface area (Å²) in [6, 6.07) is 4.04. The van der Waals surface area contributed by atoms with Crippen molar-refractivity contribution in [1.82, 2.24) is 0 Å². The molecule has 0 atom stereocenters. The summed E-state index contributed by atoms with van der Waals surface area (Å²) in [4.78, 5) is 10.4. The lowest BCUT2D eigenvalue weighted by atomic mass is 10.3. The zero-order valence-electron chi connectivity index (χ0n) is 8.25. The fourth-order valence-corrected chi connectivity index (χ4v) is 1.10. The third-order valence-corrected chi connectivity index (χ3v) is 1.67. The molecule has 1 rings (SSSR count). The molecule has 1 aromatic rings. The van der Waals surface area contributed by atoms with Crippen LogP contribution in [0.15, 0.2) is 18.2 Å². The van der Waals surface area contributed by atoms with Gasteiger partial charge in [-0.3, -0.25) is 0 Å². The van der Waals surface area contributed by atoms with E-state index in [1.807, 2.05) is 0 Å². The van der Waals surface area contributed by atoms with Gasteiger partial charge in [0.1, 0.15) is 5.75 Å². The van der Waals surface area contributed by atoms with Crippen molar-refractivity contribution in [2.24, 2.45) is 0 Å². The van der Waals surface area contributed by atoms with E-state index in [4.69, 9.17) is 31.0 Å². The van der Waals surface area contributed by atoms with Gasteiger partial charge in [0.25, 0.3) is 0 Å². The molecular formula is C8H6Cl2O3. The average molecular weight is 223 g/mol. The van der Waals surface area contributed by atoms with E-state index < -0.39 is 12.5 Å². The number of carbonyl (C=O) groups is 1. The van der Waals surface area contributed by atoms with Crippen LogP contribution in [0.25, 0.3) is 0 Å². The van der Waals surface area contributed by atoms with Gasteiger partial charge < -0.3 is 9.84 Å². The van der Waals surface area contributed by atoms with E-state index in [1.165, 1.54) is 18.2 Å². The lowest BCUT2D eigenvalue weighted by Crippen LogP contribution is -2.09. The third-order valence-electron chi connectivity index (χ3n) is 1.14. The SMILES string of the molecule is [2H]C([2H])(Oc1ccc(Cl)cc1Cl)C(=O)O. The van der Waals surface area contributed by atoms with Crippen LogP contribution in [0.4, 0.5) is 0 Å². The van der Waals surface area contributed by atoms with Crippen LogP contribution in [0.3, 0.4) is 0 Å². The van der Waals surface area contributed by atoms with Gasteiger partial charge in [0.2, 0.25) is 0 Å². The average Bonchev–Trinajstić information content (AvgIpc) is 2.09. The number of benzene rings is 1. The first-order chi connectivity index (χ1) is 6.83. The Balaban J connectivity index is 2.95. The first-order valence-electron chi connectivity index (χ1n) is 4.20. The highest BCUT2D eigenvalue weighted by Gasteiger charge is 2.04. The van der Waals surface area contributed by atoms with Gasteiger partial charge in [-0.1, -0.05) is 23.2 Å². The quantitative estimate of drug-likeness (QED) is 0.855. The van der Waals surface area contributed by atoms with Crippen LogP contribution >= 0.6 is 23.2 Å². The predicted octanol–water partition coefficient (Wildman–Crippen LogP) is 2.46. The van der Waals surface area contributed by atoms with Crippen molar-refractivity contribution in [2.45, 2.75) is 0 Å². The van der Waals surface area contributed by atoms with Crippen molar-refractivity contribution in [2.75, 3.05) is 6.56 Å². The molecule has 0 aliphatic rings. The number of hydrogen-bond acceptors (Lipinski definition) is 2. The molecular weight excluding hydrogens is 215 g/mol. The van der Waals surface area contributed by atoms with E-state index in [0.717, 1.165) is 0 Å². The predicted molar refractivity (Wildman–Crippen MR) is 49.6 cm³/mol. The molecule has 0 bridgehead atoms. The monoisotopic (exact) mass is 222 g/mol. The van der Waals surface area contributed by atoms with E-state index in [9.17, 15) is 4.79 Å². The Bertz CT molecular complexity index is 395. The third kappa shape index (κ3) is 3.13. The fraction of sp³-hybridized carbons (Fsp3) is 0.125. The standard InChI is InChI=1S/C8H6Cl2O3/c9-5-1-2-7(6(10)3-5)13-4-8(11)12/h1-3H,4H2,(H,11,12)/i4D2. The molecule has 0 aliphatic heterocycles. The Morgan fingerprint density at radius 2 is 2.31 bits per heavy atom. The zero-order chi connectivity index (χ0) is 11.6. The highest BCUT2D eigenvalue weighted by Crippen LogP contribution is 2.27. The Hall–Kier alpha value is -0.930. The maximum absolute atomic E-state index is 10.4. The van der Waals surface area contributed by atoms with Crippen LogP contribution in [0.1, 0.15) is 2.74 Å². The number of carboxylic acids is 1. The van der Waals surface area contributed by atoms with E-state index >= 15 is 0 Å². The molecule has 0 radical (unpaired) electrons. The van der Waals surface area contributed by atoms with Crippen molar-refractivity contribution < 1.29 is 17.4 Å². The van der Waals surface area contributed by atoms with Gasteiger partial charge in [-0.15, -0.1) is 0 Å². The summed E-state index contributed by atoms with van der Waals surface area (Å²) in [6.45, 7) is -2.82. The molecule has 0 saturated heterocycles. The van der Waals surface area contributed by atoms with Gasteiger partial charge in [0.05, 0.1) is 7.76 Å². The molecule has 1 N–H and O–H groups in total.